The van der Waals surface area contributed by atoms with E-state index in [0.29, 0.717) is 11.1 Å². The molecular formula is C12H11F3O. The molecule has 0 N–H and O–H groups in total. The lowest BCUT2D eigenvalue weighted by Crippen LogP contribution is -2.04. The van der Waals surface area contributed by atoms with Crippen LogP contribution in [0.2, 0.25) is 0 Å². The zero-order valence-electron chi connectivity index (χ0n) is 8.93. The minimum atomic E-state index is -4.32. The maximum absolute atomic E-state index is 12.2. The lowest BCUT2D eigenvalue weighted by molar-refractivity contribution is -0.137. The van der Waals surface area contributed by atoms with Gasteiger partial charge in [-0.25, -0.2) is 0 Å². The van der Waals surface area contributed by atoms with E-state index in [1.807, 2.05) is 0 Å². The van der Waals surface area contributed by atoms with Crippen molar-refractivity contribution in [2.24, 2.45) is 0 Å². The highest BCUT2D eigenvalue weighted by Crippen LogP contribution is 2.29. The Balaban J connectivity index is 2.97. The number of carbonyl (C=O) groups excluding carboxylic acids is 1. The van der Waals surface area contributed by atoms with Gasteiger partial charge in [0.2, 0.25) is 0 Å². The third-order valence-electron chi connectivity index (χ3n) is 2.18. The number of halogens is 3. The summed E-state index contributed by atoms with van der Waals surface area (Å²) in [6.45, 7) is 3.04. The first-order valence-corrected chi connectivity index (χ1v) is 4.67. The van der Waals surface area contributed by atoms with Crippen LogP contribution in [0.25, 0.3) is 6.08 Å². The smallest absolute Gasteiger partial charge is 0.295 e. The monoisotopic (exact) mass is 228 g/mol. The van der Waals surface area contributed by atoms with Crippen molar-refractivity contribution in [3.05, 3.63) is 41.0 Å². The molecule has 86 valence electrons. The number of carbonyl (C=O) groups is 1. The van der Waals surface area contributed by atoms with Crippen molar-refractivity contribution in [1.29, 1.82) is 0 Å². The van der Waals surface area contributed by atoms with Gasteiger partial charge in [-0.05, 0) is 43.2 Å². The van der Waals surface area contributed by atoms with Crippen molar-refractivity contribution in [2.45, 2.75) is 20.0 Å². The number of alkyl halides is 3. The second-order valence-corrected chi connectivity index (χ2v) is 3.50. The highest BCUT2D eigenvalue weighted by molar-refractivity contribution is 5.97. The minimum Gasteiger partial charge on any atom is -0.295 e. The van der Waals surface area contributed by atoms with Crippen LogP contribution >= 0.6 is 0 Å². The van der Waals surface area contributed by atoms with E-state index in [2.05, 4.69) is 0 Å². The van der Waals surface area contributed by atoms with Crippen LogP contribution in [0, 0.1) is 0 Å². The fourth-order valence-electron chi connectivity index (χ4n) is 1.12. The number of rotatable bonds is 2. The summed E-state index contributed by atoms with van der Waals surface area (Å²) >= 11 is 0. The summed E-state index contributed by atoms with van der Waals surface area (Å²) in [4.78, 5) is 10.9. The van der Waals surface area contributed by atoms with E-state index in [0.717, 1.165) is 12.1 Å². The molecule has 0 fully saturated rings. The number of allylic oxidation sites excluding steroid dienone is 1. The van der Waals surface area contributed by atoms with Crippen molar-refractivity contribution in [1.82, 2.24) is 0 Å². The number of hydrogen-bond acceptors (Lipinski definition) is 1. The quantitative estimate of drug-likeness (QED) is 0.705. The summed E-state index contributed by atoms with van der Waals surface area (Å²) in [5.41, 5.74) is 0.408. The van der Waals surface area contributed by atoms with Gasteiger partial charge in [-0.2, -0.15) is 13.2 Å². The Kier molecular flexibility index (Phi) is 3.52. The molecule has 1 nitrogen and oxygen atoms in total. The normalized spacial score (nSPS) is 12.7. The summed E-state index contributed by atoms with van der Waals surface area (Å²) in [6.07, 6.45) is -2.76. The van der Waals surface area contributed by atoms with Crippen LogP contribution in [0.1, 0.15) is 25.0 Å². The Labute approximate surface area is 91.6 Å². The van der Waals surface area contributed by atoms with Crippen LogP contribution in [-0.2, 0) is 11.0 Å². The molecule has 0 atom stereocenters. The summed E-state index contributed by atoms with van der Waals surface area (Å²) in [5, 5.41) is 0. The molecule has 0 amide bonds. The molecule has 16 heavy (non-hydrogen) atoms. The first kappa shape index (κ1) is 12.5. The predicted molar refractivity (Wildman–Crippen MR) is 55.8 cm³/mol. The molecule has 4 heteroatoms. The molecular weight excluding hydrogens is 217 g/mol. The SMILES string of the molecule is CC(=O)/C(C)=C\c1ccc(C(F)(F)F)cc1. The van der Waals surface area contributed by atoms with Gasteiger partial charge >= 0.3 is 6.18 Å². The fraction of sp³-hybridized carbons (Fsp3) is 0.250. The van der Waals surface area contributed by atoms with Gasteiger partial charge in [-0.3, -0.25) is 4.79 Å². The van der Waals surface area contributed by atoms with Crippen molar-refractivity contribution < 1.29 is 18.0 Å². The molecule has 1 aromatic rings. The number of ketones is 1. The Bertz CT molecular complexity index is 413. The maximum Gasteiger partial charge on any atom is 0.416 e. The van der Waals surface area contributed by atoms with Gasteiger partial charge < -0.3 is 0 Å². The fourth-order valence-corrected chi connectivity index (χ4v) is 1.12. The standard InChI is InChI=1S/C12H11F3O/c1-8(9(2)16)7-10-3-5-11(6-4-10)12(13,14)15/h3-7H,1-2H3/b8-7-. The van der Waals surface area contributed by atoms with E-state index in [4.69, 9.17) is 0 Å². The highest BCUT2D eigenvalue weighted by atomic mass is 19.4. The number of benzene rings is 1. The van der Waals surface area contributed by atoms with E-state index in [1.54, 1.807) is 13.0 Å². The lowest BCUT2D eigenvalue weighted by Gasteiger charge is -2.06. The molecule has 0 bridgehead atoms. The van der Waals surface area contributed by atoms with Crippen LogP contribution in [0.5, 0.6) is 0 Å². The van der Waals surface area contributed by atoms with E-state index in [1.165, 1.54) is 19.1 Å². The molecule has 0 aliphatic heterocycles. The average molecular weight is 228 g/mol. The zero-order chi connectivity index (χ0) is 12.3. The molecule has 0 aliphatic carbocycles. The van der Waals surface area contributed by atoms with Crippen LogP contribution < -0.4 is 0 Å². The van der Waals surface area contributed by atoms with E-state index in [9.17, 15) is 18.0 Å². The number of Topliss-reactive ketones (excluding diaryl/α,β-unsaturated/α-hetero) is 1. The molecule has 0 saturated carbocycles. The summed E-state index contributed by atoms with van der Waals surface area (Å²) in [7, 11) is 0. The Morgan fingerprint density at radius 1 is 1.12 bits per heavy atom. The van der Waals surface area contributed by atoms with Crippen molar-refractivity contribution in [2.75, 3.05) is 0 Å². The first-order valence-electron chi connectivity index (χ1n) is 4.67. The second-order valence-electron chi connectivity index (χ2n) is 3.50. The van der Waals surface area contributed by atoms with E-state index in [-0.39, 0.29) is 5.78 Å². The molecule has 1 rings (SSSR count). The van der Waals surface area contributed by atoms with Crippen LogP contribution in [0.15, 0.2) is 29.8 Å². The third kappa shape index (κ3) is 3.22. The van der Waals surface area contributed by atoms with E-state index >= 15 is 0 Å². The van der Waals surface area contributed by atoms with Gasteiger partial charge in [-0.15, -0.1) is 0 Å². The van der Waals surface area contributed by atoms with Crippen molar-refractivity contribution in [3.8, 4) is 0 Å². The van der Waals surface area contributed by atoms with Gasteiger partial charge in [0, 0.05) is 0 Å². The Morgan fingerprint density at radius 3 is 2.00 bits per heavy atom. The molecule has 0 heterocycles. The molecule has 0 aliphatic rings. The van der Waals surface area contributed by atoms with Crippen LogP contribution in [-0.4, -0.2) is 5.78 Å². The van der Waals surface area contributed by atoms with Gasteiger partial charge in [0.15, 0.2) is 5.78 Å². The van der Waals surface area contributed by atoms with Gasteiger partial charge in [-0.1, -0.05) is 12.1 Å². The second kappa shape index (κ2) is 4.51. The summed E-state index contributed by atoms with van der Waals surface area (Å²) in [5.74, 6) is -0.0973. The van der Waals surface area contributed by atoms with Crippen LogP contribution in [0.3, 0.4) is 0 Å². The summed E-state index contributed by atoms with van der Waals surface area (Å²) in [6, 6.07) is 4.68. The van der Waals surface area contributed by atoms with E-state index < -0.39 is 11.7 Å². The first-order chi connectivity index (χ1) is 7.30. The third-order valence-corrected chi connectivity index (χ3v) is 2.18. The van der Waals surface area contributed by atoms with Crippen molar-refractivity contribution >= 4 is 11.9 Å². The van der Waals surface area contributed by atoms with Crippen LogP contribution in [0.4, 0.5) is 13.2 Å². The molecule has 0 radical (unpaired) electrons. The van der Waals surface area contributed by atoms with Gasteiger partial charge in [0.25, 0.3) is 0 Å². The molecule has 0 unspecified atom stereocenters. The summed E-state index contributed by atoms with van der Waals surface area (Å²) < 4.78 is 36.7. The zero-order valence-corrected chi connectivity index (χ0v) is 8.93. The Hall–Kier alpha value is -1.58. The highest BCUT2D eigenvalue weighted by Gasteiger charge is 2.29. The molecule has 0 saturated heterocycles. The largest absolute Gasteiger partial charge is 0.416 e. The average Bonchev–Trinajstić information content (AvgIpc) is 2.17. The minimum absolute atomic E-state index is 0.0973. The van der Waals surface area contributed by atoms with Gasteiger partial charge in [0.05, 0.1) is 5.56 Å². The molecule has 0 aromatic heterocycles. The predicted octanol–water partition coefficient (Wildman–Crippen LogP) is 3.70. The molecule has 1 aromatic carbocycles. The lowest BCUT2D eigenvalue weighted by atomic mass is 10.1. The maximum atomic E-state index is 12.2. The number of hydrogen-bond donors (Lipinski definition) is 0. The van der Waals surface area contributed by atoms with Gasteiger partial charge in [0.1, 0.15) is 0 Å². The van der Waals surface area contributed by atoms with Crippen molar-refractivity contribution in [3.63, 3.8) is 0 Å². The topological polar surface area (TPSA) is 17.1 Å². The molecule has 0 spiro atoms. The Morgan fingerprint density at radius 2 is 1.62 bits per heavy atom.